The van der Waals surface area contributed by atoms with Crippen LogP contribution < -0.4 is 10.1 Å². The maximum absolute atomic E-state index is 12.7. The van der Waals surface area contributed by atoms with Crippen molar-refractivity contribution in [3.63, 3.8) is 0 Å². The molecule has 4 rings (SSSR count). The first-order chi connectivity index (χ1) is 12.2. The number of hydrogen-bond donors (Lipinski definition) is 1. The van der Waals surface area contributed by atoms with Crippen LogP contribution in [0.25, 0.3) is 0 Å². The van der Waals surface area contributed by atoms with E-state index in [2.05, 4.69) is 16.8 Å². The Balaban J connectivity index is 1.47. The van der Waals surface area contributed by atoms with Crippen molar-refractivity contribution in [1.82, 2.24) is 10.2 Å². The lowest BCUT2D eigenvalue weighted by molar-refractivity contribution is -0.133. The molecule has 1 aromatic carbocycles. The zero-order valence-corrected chi connectivity index (χ0v) is 15.5. The minimum atomic E-state index is -0.0285. The SMILES string of the molecule is O=C(CNC1CC1)N1CCc2sccc2C1COc1ccc(Cl)cc1. The van der Waals surface area contributed by atoms with E-state index in [9.17, 15) is 4.79 Å². The molecular formula is C19H21ClN2O2S. The second-order valence-corrected chi connectivity index (χ2v) is 8.01. The zero-order chi connectivity index (χ0) is 17.2. The maximum Gasteiger partial charge on any atom is 0.237 e. The summed E-state index contributed by atoms with van der Waals surface area (Å²) in [7, 11) is 0. The number of fused-ring (bicyclic) bond motifs is 1. The molecule has 2 aliphatic rings. The van der Waals surface area contributed by atoms with Gasteiger partial charge >= 0.3 is 0 Å². The molecule has 2 aromatic rings. The molecule has 1 unspecified atom stereocenters. The molecule has 0 saturated heterocycles. The number of rotatable bonds is 6. The summed E-state index contributed by atoms with van der Waals surface area (Å²) in [5.74, 6) is 0.934. The van der Waals surface area contributed by atoms with E-state index < -0.39 is 0 Å². The summed E-state index contributed by atoms with van der Waals surface area (Å²) in [6.07, 6.45) is 3.30. The summed E-state index contributed by atoms with van der Waals surface area (Å²) >= 11 is 7.70. The minimum Gasteiger partial charge on any atom is -0.491 e. The van der Waals surface area contributed by atoms with E-state index >= 15 is 0 Å². The summed E-state index contributed by atoms with van der Waals surface area (Å²) in [6, 6.07) is 9.99. The van der Waals surface area contributed by atoms with Crippen LogP contribution in [0.1, 0.15) is 29.3 Å². The Morgan fingerprint density at radius 3 is 2.84 bits per heavy atom. The van der Waals surface area contributed by atoms with Crippen LogP contribution in [0, 0.1) is 0 Å². The minimum absolute atomic E-state index is 0.0285. The Labute approximate surface area is 156 Å². The number of halogens is 1. The molecule has 4 nitrogen and oxygen atoms in total. The van der Waals surface area contributed by atoms with Gasteiger partial charge in [-0.05, 0) is 60.5 Å². The molecule has 0 bridgehead atoms. The second kappa shape index (κ2) is 7.36. The van der Waals surface area contributed by atoms with E-state index in [1.807, 2.05) is 29.2 Å². The fraction of sp³-hybridized carbons (Fsp3) is 0.421. The number of nitrogens with one attached hydrogen (secondary N) is 1. The molecule has 6 heteroatoms. The Bertz CT molecular complexity index is 742. The number of hydrogen-bond acceptors (Lipinski definition) is 4. The normalized spacial score (nSPS) is 19.6. The highest BCUT2D eigenvalue weighted by Gasteiger charge is 2.32. The predicted molar refractivity (Wildman–Crippen MR) is 100 cm³/mol. The number of ether oxygens (including phenoxy) is 1. The molecule has 2 heterocycles. The molecule has 1 N–H and O–H groups in total. The lowest BCUT2D eigenvalue weighted by Gasteiger charge is -2.36. The average molecular weight is 377 g/mol. The number of amides is 1. The molecule has 1 aliphatic carbocycles. The van der Waals surface area contributed by atoms with Crippen molar-refractivity contribution >= 4 is 28.8 Å². The summed E-state index contributed by atoms with van der Waals surface area (Å²) in [4.78, 5) is 16.1. The van der Waals surface area contributed by atoms with Crippen LogP contribution in [0.15, 0.2) is 35.7 Å². The van der Waals surface area contributed by atoms with E-state index in [1.54, 1.807) is 11.3 Å². The summed E-state index contributed by atoms with van der Waals surface area (Å²) in [6.45, 7) is 1.63. The molecule has 25 heavy (non-hydrogen) atoms. The van der Waals surface area contributed by atoms with Crippen LogP contribution in [0.2, 0.25) is 5.02 Å². The van der Waals surface area contributed by atoms with E-state index in [-0.39, 0.29) is 11.9 Å². The molecule has 1 aliphatic heterocycles. The van der Waals surface area contributed by atoms with Gasteiger partial charge in [-0.1, -0.05) is 11.6 Å². The quantitative estimate of drug-likeness (QED) is 0.836. The van der Waals surface area contributed by atoms with Gasteiger partial charge in [-0.2, -0.15) is 0 Å². The first-order valence-corrected chi connectivity index (χ1v) is 9.94. The van der Waals surface area contributed by atoms with Crippen molar-refractivity contribution < 1.29 is 9.53 Å². The average Bonchev–Trinajstić information content (AvgIpc) is 3.33. The Hall–Kier alpha value is -1.56. The van der Waals surface area contributed by atoms with Crippen molar-refractivity contribution in [3.05, 3.63) is 51.2 Å². The van der Waals surface area contributed by atoms with Crippen molar-refractivity contribution in [1.29, 1.82) is 0 Å². The van der Waals surface area contributed by atoms with Crippen molar-refractivity contribution in [2.75, 3.05) is 19.7 Å². The molecule has 132 valence electrons. The topological polar surface area (TPSA) is 41.6 Å². The summed E-state index contributed by atoms with van der Waals surface area (Å²) in [5, 5.41) is 6.12. The van der Waals surface area contributed by atoms with Crippen molar-refractivity contribution in [2.45, 2.75) is 31.3 Å². The van der Waals surface area contributed by atoms with Gasteiger partial charge in [-0.15, -0.1) is 11.3 Å². The van der Waals surface area contributed by atoms with Crippen LogP contribution in [-0.2, 0) is 11.2 Å². The van der Waals surface area contributed by atoms with Gasteiger partial charge in [0.25, 0.3) is 0 Å². The Morgan fingerprint density at radius 1 is 1.28 bits per heavy atom. The molecule has 1 fully saturated rings. The van der Waals surface area contributed by atoms with Crippen LogP contribution >= 0.6 is 22.9 Å². The van der Waals surface area contributed by atoms with Gasteiger partial charge in [0.1, 0.15) is 12.4 Å². The van der Waals surface area contributed by atoms with E-state index in [0.29, 0.717) is 24.2 Å². The van der Waals surface area contributed by atoms with E-state index in [4.69, 9.17) is 16.3 Å². The van der Waals surface area contributed by atoms with E-state index in [1.165, 1.54) is 23.3 Å². The van der Waals surface area contributed by atoms with Gasteiger partial charge in [0, 0.05) is 22.5 Å². The fourth-order valence-electron chi connectivity index (χ4n) is 3.20. The number of carbonyl (C=O) groups excluding carboxylic acids is 1. The van der Waals surface area contributed by atoms with Crippen molar-refractivity contribution in [2.24, 2.45) is 0 Å². The van der Waals surface area contributed by atoms with Gasteiger partial charge in [0.15, 0.2) is 0 Å². The van der Waals surface area contributed by atoms with Gasteiger partial charge in [-0.25, -0.2) is 0 Å². The Morgan fingerprint density at radius 2 is 2.08 bits per heavy atom. The largest absolute Gasteiger partial charge is 0.491 e. The molecule has 0 radical (unpaired) electrons. The Kier molecular flexibility index (Phi) is 4.97. The number of nitrogens with zero attached hydrogens (tertiary/aromatic N) is 1. The maximum atomic E-state index is 12.7. The van der Waals surface area contributed by atoms with Crippen LogP contribution in [-0.4, -0.2) is 36.5 Å². The lowest BCUT2D eigenvalue weighted by atomic mass is 10.0. The fourth-order valence-corrected chi connectivity index (χ4v) is 4.26. The summed E-state index contributed by atoms with van der Waals surface area (Å²) in [5.41, 5.74) is 1.23. The van der Waals surface area contributed by atoms with Crippen LogP contribution in [0.4, 0.5) is 0 Å². The van der Waals surface area contributed by atoms with Crippen molar-refractivity contribution in [3.8, 4) is 5.75 Å². The number of carbonyl (C=O) groups is 1. The first-order valence-electron chi connectivity index (χ1n) is 8.68. The number of thiophene rings is 1. The zero-order valence-electron chi connectivity index (χ0n) is 13.9. The third kappa shape index (κ3) is 4.00. The lowest BCUT2D eigenvalue weighted by Crippen LogP contribution is -2.46. The molecular weight excluding hydrogens is 356 g/mol. The molecule has 1 saturated carbocycles. The molecule has 0 spiro atoms. The van der Waals surface area contributed by atoms with Gasteiger partial charge in [0.05, 0.1) is 12.6 Å². The third-order valence-electron chi connectivity index (χ3n) is 4.76. The molecule has 1 atom stereocenters. The highest BCUT2D eigenvalue weighted by molar-refractivity contribution is 7.10. The smallest absolute Gasteiger partial charge is 0.237 e. The first kappa shape index (κ1) is 16.9. The third-order valence-corrected chi connectivity index (χ3v) is 6.00. The van der Waals surface area contributed by atoms with Gasteiger partial charge < -0.3 is 15.0 Å². The monoisotopic (exact) mass is 376 g/mol. The standard InChI is InChI=1S/C19H21ClN2O2S/c20-13-1-5-15(6-2-13)24-12-17-16-8-10-25-18(16)7-9-22(17)19(23)11-21-14-3-4-14/h1-2,5-6,8,10,14,17,21H,3-4,7,9,11-12H2. The molecule has 1 aromatic heterocycles. The van der Waals surface area contributed by atoms with Crippen LogP contribution in [0.3, 0.4) is 0 Å². The molecule has 1 amide bonds. The van der Waals surface area contributed by atoms with E-state index in [0.717, 1.165) is 18.7 Å². The highest BCUT2D eigenvalue weighted by Crippen LogP contribution is 2.34. The van der Waals surface area contributed by atoms with Gasteiger partial charge in [-0.3, -0.25) is 4.79 Å². The second-order valence-electron chi connectivity index (χ2n) is 6.57. The highest BCUT2D eigenvalue weighted by atomic mass is 35.5. The van der Waals surface area contributed by atoms with Gasteiger partial charge in [0.2, 0.25) is 5.91 Å². The van der Waals surface area contributed by atoms with Crippen LogP contribution in [0.5, 0.6) is 5.75 Å². The summed E-state index contributed by atoms with van der Waals surface area (Å²) < 4.78 is 5.98. The number of benzene rings is 1. The predicted octanol–water partition coefficient (Wildman–Crippen LogP) is 3.66.